The smallest absolute Gasteiger partial charge is 0.349 e. The average Bonchev–Trinajstić information content (AvgIpc) is 2.36. The molecular formula is C15H17FN2O3. The molecule has 1 amide bonds. The SMILES string of the molecule is CC(C)(C)NC(=O)c1cc2ccc(NCF)cc2oc1=O. The van der Waals surface area contributed by atoms with Crippen molar-refractivity contribution in [2.75, 3.05) is 12.1 Å². The molecule has 2 aromatic rings. The molecule has 5 nitrogen and oxygen atoms in total. The molecule has 2 rings (SSSR count). The lowest BCUT2D eigenvalue weighted by molar-refractivity contribution is 0.0916. The normalized spacial score (nSPS) is 11.4. The van der Waals surface area contributed by atoms with Crippen molar-refractivity contribution in [1.82, 2.24) is 5.32 Å². The third-order valence-electron chi connectivity index (χ3n) is 2.74. The predicted molar refractivity (Wildman–Crippen MR) is 79.3 cm³/mol. The Hall–Kier alpha value is -2.37. The van der Waals surface area contributed by atoms with Gasteiger partial charge in [0.25, 0.3) is 5.91 Å². The van der Waals surface area contributed by atoms with E-state index in [0.29, 0.717) is 16.7 Å². The molecule has 0 aliphatic rings. The van der Waals surface area contributed by atoms with Gasteiger partial charge in [-0.3, -0.25) is 4.79 Å². The Bertz CT molecular complexity index is 732. The summed E-state index contributed by atoms with van der Waals surface area (Å²) >= 11 is 0. The first-order valence-corrected chi connectivity index (χ1v) is 6.50. The number of alkyl halides is 1. The van der Waals surface area contributed by atoms with Gasteiger partial charge in [0, 0.05) is 22.7 Å². The maximum absolute atomic E-state index is 12.2. The van der Waals surface area contributed by atoms with Crippen molar-refractivity contribution in [3.05, 3.63) is 40.2 Å². The number of fused-ring (bicyclic) bond motifs is 1. The van der Waals surface area contributed by atoms with Crippen LogP contribution in [0.15, 0.2) is 33.5 Å². The van der Waals surface area contributed by atoms with E-state index in [1.54, 1.807) is 12.1 Å². The second kappa shape index (κ2) is 5.55. The minimum Gasteiger partial charge on any atom is -0.422 e. The summed E-state index contributed by atoms with van der Waals surface area (Å²) in [5.74, 6) is -0.482. The van der Waals surface area contributed by atoms with Crippen LogP contribution in [0, 0.1) is 0 Å². The lowest BCUT2D eigenvalue weighted by Gasteiger charge is -2.20. The molecule has 6 heteroatoms. The fraction of sp³-hybridized carbons (Fsp3) is 0.333. The van der Waals surface area contributed by atoms with Crippen LogP contribution in [0.2, 0.25) is 0 Å². The number of hydrogen-bond acceptors (Lipinski definition) is 4. The fourth-order valence-electron chi connectivity index (χ4n) is 1.86. The van der Waals surface area contributed by atoms with Gasteiger partial charge in [-0.25, -0.2) is 9.18 Å². The third kappa shape index (κ3) is 3.59. The van der Waals surface area contributed by atoms with Gasteiger partial charge in [-0.05, 0) is 39.0 Å². The summed E-state index contributed by atoms with van der Waals surface area (Å²) in [6.45, 7) is 4.75. The molecule has 0 unspecified atom stereocenters. The van der Waals surface area contributed by atoms with E-state index in [-0.39, 0.29) is 5.56 Å². The predicted octanol–water partition coefficient (Wildman–Crippen LogP) is 2.66. The van der Waals surface area contributed by atoms with Crippen molar-refractivity contribution in [3.8, 4) is 0 Å². The Balaban J connectivity index is 2.44. The summed E-state index contributed by atoms with van der Waals surface area (Å²) in [5, 5.41) is 5.79. The zero-order chi connectivity index (χ0) is 15.6. The number of rotatable bonds is 3. The highest BCUT2D eigenvalue weighted by Crippen LogP contribution is 2.19. The van der Waals surface area contributed by atoms with Crippen LogP contribution in [0.5, 0.6) is 0 Å². The molecular weight excluding hydrogens is 275 g/mol. The molecule has 0 spiro atoms. The zero-order valence-corrected chi connectivity index (χ0v) is 12.1. The summed E-state index contributed by atoms with van der Waals surface area (Å²) in [4.78, 5) is 24.0. The average molecular weight is 292 g/mol. The van der Waals surface area contributed by atoms with Crippen LogP contribution >= 0.6 is 0 Å². The molecule has 0 aliphatic heterocycles. The van der Waals surface area contributed by atoms with E-state index in [1.807, 2.05) is 20.8 Å². The molecule has 0 radical (unpaired) electrons. The molecule has 0 bridgehead atoms. The van der Waals surface area contributed by atoms with Crippen molar-refractivity contribution in [2.24, 2.45) is 0 Å². The fourth-order valence-corrected chi connectivity index (χ4v) is 1.86. The minimum absolute atomic E-state index is 0.0522. The lowest BCUT2D eigenvalue weighted by atomic mass is 10.1. The Kier molecular flexibility index (Phi) is 3.97. The summed E-state index contributed by atoms with van der Waals surface area (Å²) in [5.41, 5.74) is -0.427. The van der Waals surface area contributed by atoms with Crippen molar-refractivity contribution < 1.29 is 13.6 Å². The Morgan fingerprint density at radius 1 is 1.29 bits per heavy atom. The van der Waals surface area contributed by atoms with Gasteiger partial charge in [-0.2, -0.15) is 0 Å². The maximum Gasteiger partial charge on any atom is 0.349 e. The largest absolute Gasteiger partial charge is 0.422 e. The topological polar surface area (TPSA) is 71.3 Å². The molecule has 0 saturated carbocycles. The maximum atomic E-state index is 12.2. The number of carbonyl (C=O) groups is 1. The quantitative estimate of drug-likeness (QED) is 0.674. The van der Waals surface area contributed by atoms with Crippen molar-refractivity contribution in [3.63, 3.8) is 0 Å². The Morgan fingerprint density at radius 3 is 2.62 bits per heavy atom. The van der Waals surface area contributed by atoms with Crippen molar-refractivity contribution >= 4 is 22.6 Å². The van der Waals surface area contributed by atoms with E-state index >= 15 is 0 Å². The summed E-state index contributed by atoms with van der Waals surface area (Å²) < 4.78 is 17.4. The molecule has 0 aliphatic carbocycles. The molecule has 1 aromatic carbocycles. The van der Waals surface area contributed by atoms with Crippen molar-refractivity contribution in [1.29, 1.82) is 0 Å². The minimum atomic E-state index is -0.721. The van der Waals surface area contributed by atoms with Crippen LogP contribution in [0.4, 0.5) is 10.1 Å². The standard InChI is InChI=1S/C15H17FN2O3/c1-15(2,3)18-13(19)11-6-9-4-5-10(17-8-16)7-12(9)21-14(11)20/h4-7,17H,8H2,1-3H3,(H,18,19). The van der Waals surface area contributed by atoms with Gasteiger partial charge in [0.2, 0.25) is 0 Å². The number of benzene rings is 1. The van der Waals surface area contributed by atoms with E-state index in [0.717, 1.165) is 0 Å². The number of anilines is 1. The van der Waals surface area contributed by atoms with E-state index < -0.39 is 23.9 Å². The Labute approximate surface area is 121 Å². The van der Waals surface area contributed by atoms with Gasteiger partial charge in [0.15, 0.2) is 6.80 Å². The molecule has 2 N–H and O–H groups in total. The highest BCUT2D eigenvalue weighted by molar-refractivity contribution is 5.97. The zero-order valence-electron chi connectivity index (χ0n) is 12.1. The number of hydrogen-bond donors (Lipinski definition) is 2. The molecule has 1 heterocycles. The first-order valence-electron chi connectivity index (χ1n) is 6.50. The van der Waals surface area contributed by atoms with Gasteiger partial charge < -0.3 is 15.1 Å². The first kappa shape index (κ1) is 15.0. The van der Waals surface area contributed by atoms with Crippen LogP contribution in [0.25, 0.3) is 11.0 Å². The Morgan fingerprint density at radius 2 is 2.00 bits per heavy atom. The van der Waals surface area contributed by atoms with Gasteiger partial charge in [-0.15, -0.1) is 0 Å². The van der Waals surface area contributed by atoms with Gasteiger partial charge in [0.05, 0.1) is 0 Å². The molecule has 0 atom stereocenters. The second-order valence-corrected chi connectivity index (χ2v) is 5.71. The highest BCUT2D eigenvalue weighted by atomic mass is 19.1. The molecule has 21 heavy (non-hydrogen) atoms. The second-order valence-electron chi connectivity index (χ2n) is 5.71. The number of nitrogens with one attached hydrogen (secondary N) is 2. The van der Waals surface area contributed by atoms with Crippen molar-refractivity contribution in [2.45, 2.75) is 26.3 Å². The number of amides is 1. The van der Waals surface area contributed by atoms with Crippen LogP contribution < -0.4 is 16.3 Å². The first-order chi connectivity index (χ1) is 9.80. The lowest BCUT2D eigenvalue weighted by Crippen LogP contribution is -2.42. The van der Waals surface area contributed by atoms with Gasteiger partial charge in [-0.1, -0.05) is 0 Å². The van der Waals surface area contributed by atoms with Crippen LogP contribution in [0.1, 0.15) is 31.1 Å². The van der Waals surface area contributed by atoms with Crippen LogP contribution in [0.3, 0.4) is 0 Å². The number of carbonyl (C=O) groups excluding carboxylic acids is 1. The van der Waals surface area contributed by atoms with E-state index in [4.69, 9.17) is 4.42 Å². The van der Waals surface area contributed by atoms with Gasteiger partial charge >= 0.3 is 5.63 Å². The highest BCUT2D eigenvalue weighted by Gasteiger charge is 2.19. The summed E-state index contributed by atoms with van der Waals surface area (Å²) in [7, 11) is 0. The molecule has 0 saturated heterocycles. The monoisotopic (exact) mass is 292 g/mol. The van der Waals surface area contributed by atoms with Crippen LogP contribution in [-0.2, 0) is 0 Å². The van der Waals surface area contributed by atoms with E-state index in [2.05, 4.69) is 10.6 Å². The molecule has 1 aromatic heterocycles. The van der Waals surface area contributed by atoms with Gasteiger partial charge in [0.1, 0.15) is 11.1 Å². The summed E-state index contributed by atoms with van der Waals surface area (Å²) in [6, 6.07) is 6.29. The number of halogens is 1. The summed E-state index contributed by atoms with van der Waals surface area (Å²) in [6.07, 6.45) is 0. The molecule has 112 valence electrons. The van der Waals surface area contributed by atoms with Crippen LogP contribution in [-0.4, -0.2) is 18.2 Å². The van der Waals surface area contributed by atoms with E-state index in [1.165, 1.54) is 12.1 Å². The van der Waals surface area contributed by atoms with E-state index in [9.17, 15) is 14.0 Å². The third-order valence-corrected chi connectivity index (χ3v) is 2.74. The molecule has 0 fully saturated rings.